The van der Waals surface area contributed by atoms with E-state index in [1.165, 1.54) is 23.1 Å². The van der Waals surface area contributed by atoms with Gasteiger partial charge >= 0.3 is 0 Å². The number of amides is 2. The minimum Gasteiger partial charge on any atom is -0.354 e. The molecule has 2 amide bonds. The highest BCUT2D eigenvalue weighted by atomic mass is 35.5. The summed E-state index contributed by atoms with van der Waals surface area (Å²) in [4.78, 5) is 28.0. The Morgan fingerprint density at radius 2 is 1.59 bits per heavy atom. The highest BCUT2D eigenvalue weighted by Gasteiger charge is 2.32. The van der Waals surface area contributed by atoms with Gasteiger partial charge in [0, 0.05) is 18.1 Å². The van der Waals surface area contributed by atoms with E-state index in [-0.39, 0.29) is 34.0 Å². The largest absolute Gasteiger partial charge is 0.354 e. The molecule has 0 fully saturated rings. The average molecular weight is 595 g/mol. The minimum absolute atomic E-state index is 0.00181. The predicted octanol–water partition coefficient (Wildman–Crippen LogP) is 5.52. The van der Waals surface area contributed by atoms with Crippen LogP contribution in [0.15, 0.2) is 77.7 Å². The lowest BCUT2D eigenvalue weighted by molar-refractivity contribution is -0.139. The van der Waals surface area contributed by atoms with E-state index in [2.05, 4.69) is 5.32 Å². The second-order valence-electron chi connectivity index (χ2n) is 9.39. The third-order valence-corrected chi connectivity index (χ3v) is 8.25. The molecule has 0 aliphatic rings. The van der Waals surface area contributed by atoms with Crippen molar-refractivity contribution in [1.82, 2.24) is 10.2 Å². The van der Waals surface area contributed by atoms with Crippen LogP contribution in [-0.4, -0.2) is 44.3 Å². The number of nitrogens with one attached hydrogen (secondary N) is 1. The Morgan fingerprint density at radius 1 is 0.949 bits per heavy atom. The molecule has 1 unspecified atom stereocenters. The van der Waals surface area contributed by atoms with E-state index in [1.54, 1.807) is 49.4 Å². The monoisotopic (exact) mass is 593 g/mol. The van der Waals surface area contributed by atoms with E-state index in [9.17, 15) is 22.4 Å². The van der Waals surface area contributed by atoms with E-state index in [4.69, 9.17) is 23.2 Å². The topological polar surface area (TPSA) is 86.8 Å². The SMILES string of the molecule is CC(C)CNC(=O)C(C)N(Cc1ccc(Cl)cc1)C(=O)CN(c1ccc(F)c(Cl)c1)S(=O)(=O)c1ccccc1. The van der Waals surface area contributed by atoms with Crippen molar-refractivity contribution < 1.29 is 22.4 Å². The maximum absolute atomic E-state index is 13.9. The van der Waals surface area contributed by atoms with Crippen LogP contribution in [-0.2, 0) is 26.2 Å². The molecule has 3 aromatic carbocycles. The molecule has 0 saturated carbocycles. The van der Waals surface area contributed by atoms with Gasteiger partial charge in [0.1, 0.15) is 18.4 Å². The molecule has 0 heterocycles. The van der Waals surface area contributed by atoms with Gasteiger partial charge in [-0.25, -0.2) is 12.8 Å². The van der Waals surface area contributed by atoms with Crippen LogP contribution < -0.4 is 9.62 Å². The molecule has 0 bridgehead atoms. The van der Waals surface area contributed by atoms with E-state index in [0.717, 1.165) is 16.4 Å². The zero-order valence-electron chi connectivity index (χ0n) is 21.8. The fourth-order valence-corrected chi connectivity index (χ4v) is 5.44. The Kier molecular flexibility index (Phi) is 10.4. The normalized spacial score (nSPS) is 12.2. The molecule has 0 saturated heterocycles. The van der Waals surface area contributed by atoms with Gasteiger partial charge in [-0.3, -0.25) is 13.9 Å². The number of benzene rings is 3. The molecule has 0 aromatic heterocycles. The van der Waals surface area contributed by atoms with Crippen LogP contribution in [0.2, 0.25) is 10.0 Å². The third kappa shape index (κ3) is 7.94. The number of carbonyl (C=O) groups is 2. The first-order valence-electron chi connectivity index (χ1n) is 12.2. The first-order valence-corrected chi connectivity index (χ1v) is 14.4. The van der Waals surface area contributed by atoms with Gasteiger partial charge in [-0.2, -0.15) is 0 Å². The predicted molar refractivity (Wildman–Crippen MR) is 152 cm³/mol. The second kappa shape index (κ2) is 13.3. The number of hydrogen-bond donors (Lipinski definition) is 1. The quantitative estimate of drug-likeness (QED) is 0.317. The van der Waals surface area contributed by atoms with Crippen molar-refractivity contribution >= 4 is 50.7 Å². The Balaban J connectivity index is 2.02. The first-order chi connectivity index (χ1) is 18.4. The summed E-state index contributed by atoms with van der Waals surface area (Å²) in [6.45, 7) is 5.25. The highest BCUT2D eigenvalue weighted by molar-refractivity contribution is 7.92. The number of sulfonamides is 1. The number of hydrogen-bond acceptors (Lipinski definition) is 4. The molecule has 0 aliphatic heterocycles. The van der Waals surface area contributed by atoms with Gasteiger partial charge < -0.3 is 10.2 Å². The number of rotatable bonds is 11. The Bertz CT molecular complexity index is 1400. The summed E-state index contributed by atoms with van der Waals surface area (Å²) in [5.41, 5.74) is 0.695. The molecule has 1 atom stereocenters. The van der Waals surface area contributed by atoms with Crippen LogP contribution in [0.4, 0.5) is 10.1 Å². The lowest BCUT2D eigenvalue weighted by atomic mass is 10.1. The smallest absolute Gasteiger partial charge is 0.264 e. The highest BCUT2D eigenvalue weighted by Crippen LogP contribution is 2.28. The van der Waals surface area contributed by atoms with Crippen molar-refractivity contribution in [3.63, 3.8) is 0 Å². The van der Waals surface area contributed by atoms with E-state index in [1.807, 2.05) is 13.8 Å². The fourth-order valence-electron chi connectivity index (χ4n) is 3.71. The molecule has 208 valence electrons. The summed E-state index contributed by atoms with van der Waals surface area (Å²) >= 11 is 12.0. The van der Waals surface area contributed by atoms with Crippen LogP contribution in [0, 0.1) is 11.7 Å². The molecule has 7 nitrogen and oxygen atoms in total. The molecule has 11 heteroatoms. The van der Waals surface area contributed by atoms with E-state index < -0.39 is 34.3 Å². The third-order valence-electron chi connectivity index (χ3n) is 5.92. The minimum atomic E-state index is -4.27. The molecule has 39 heavy (non-hydrogen) atoms. The van der Waals surface area contributed by atoms with Crippen LogP contribution in [0.3, 0.4) is 0 Å². The van der Waals surface area contributed by atoms with Gasteiger partial charge in [-0.15, -0.1) is 0 Å². The van der Waals surface area contributed by atoms with Gasteiger partial charge in [0.25, 0.3) is 10.0 Å². The molecule has 0 radical (unpaired) electrons. The van der Waals surface area contributed by atoms with E-state index >= 15 is 0 Å². The molecular weight excluding hydrogens is 564 g/mol. The van der Waals surface area contributed by atoms with E-state index in [0.29, 0.717) is 17.1 Å². The Hall–Kier alpha value is -3.14. The zero-order valence-corrected chi connectivity index (χ0v) is 24.1. The molecule has 0 aliphatic carbocycles. The zero-order chi connectivity index (χ0) is 28.7. The fraction of sp³-hybridized carbons (Fsp3) is 0.286. The van der Waals surface area contributed by atoms with Crippen LogP contribution in [0.1, 0.15) is 26.3 Å². The lowest BCUT2D eigenvalue weighted by Crippen LogP contribution is -2.51. The van der Waals surface area contributed by atoms with Gasteiger partial charge in [-0.05, 0) is 60.9 Å². The maximum Gasteiger partial charge on any atom is 0.264 e. The van der Waals surface area contributed by atoms with Crippen LogP contribution in [0.5, 0.6) is 0 Å². The van der Waals surface area contributed by atoms with Crippen LogP contribution in [0.25, 0.3) is 0 Å². The number of nitrogens with zero attached hydrogens (tertiary/aromatic N) is 2. The summed E-state index contributed by atoms with van der Waals surface area (Å²) in [5.74, 6) is -1.56. The molecule has 3 rings (SSSR count). The summed E-state index contributed by atoms with van der Waals surface area (Å²) in [7, 11) is -4.27. The molecular formula is C28H30Cl2FN3O4S. The van der Waals surface area contributed by atoms with Gasteiger partial charge in [0.2, 0.25) is 11.8 Å². The van der Waals surface area contributed by atoms with Crippen molar-refractivity contribution in [2.45, 2.75) is 38.3 Å². The average Bonchev–Trinajstić information content (AvgIpc) is 2.91. The van der Waals surface area contributed by atoms with Crippen molar-refractivity contribution in [2.75, 3.05) is 17.4 Å². The number of carbonyl (C=O) groups excluding carboxylic acids is 2. The van der Waals surface area contributed by atoms with Gasteiger partial charge in [-0.1, -0.05) is 67.4 Å². The van der Waals surface area contributed by atoms with Crippen molar-refractivity contribution in [3.8, 4) is 0 Å². The van der Waals surface area contributed by atoms with Gasteiger partial charge in [0.15, 0.2) is 0 Å². The summed E-state index contributed by atoms with van der Waals surface area (Å²) < 4.78 is 42.2. The molecule has 0 spiro atoms. The van der Waals surface area contributed by atoms with Crippen molar-refractivity contribution in [3.05, 3.63) is 94.2 Å². The summed E-state index contributed by atoms with van der Waals surface area (Å²) in [5, 5.41) is 3.03. The lowest BCUT2D eigenvalue weighted by Gasteiger charge is -2.32. The number of anilines is 1. The van der Waals surface area contributed by atoms with Crippen molar-refractivity contribution in [1.29, 1.82) is 0 Å². The van der Waals surface area contributed by atoms with Crippen LogP contribution >= 0.6 is 23.2 Å². The van der Waals surface area contributed by atoms with Gasteiger partial charge in [0.05, 0.1) is 15.6 Å². The first kappa shape index (κ1) is 30.4. The second-order valence-corrected chi connectivity index (χ2v) is 12.1. The van der Waals surface area contributed by atoms with Crippen molar-refractivity contribution in [2.24, 2.45) is 5.92 Å². The molecule has 3 aromatic rings. The maximum atomic E-state index is 13.9. The molecule has 1 N–H and O–H groups in total. The summed E-state index contributed by atoms with van der Waals surface area (Å²) in [6.07, 6.45) is 0. The summed E-state index contributed by atoms with van der Waals surface area (Å²) in [6, 6.07) is 16.8. The Labute approximate surface area is 238 Å². The standard InChI is InChI=1S/C28H30Cl2FN3O4S/c1-19(2)16-32-28(36)20(3)33(17-21-9-11-22(29)12-10-21)27(35)18-34(23-13-14-26(31)25(30)15-23)39(37,38)24-7-5-4-6-8-24/h4-15,19-20H,16-18H2,1-3H3,(H,32,36). The Morgan fingerprint density at radius 3 is 2.18 bits per heavy atom. The number of halogens is 3.